The lowest BCUT2D eigenvalue weighted by molar-refractivity contribution is -0.116. The molecule has 114 valence electrons. The van der Waals surface area contributed by atoms with Crippen molar-refractivity contribution in [2.24, 2.45) is 11.7 Å². The number of anilines is 1. The van der Waals surface area contributed by atoms with Crippen LogP contribution in [0.1, 0.15) is 32.6 Å². The van der Waals surface area contributed by atoms with Gasteiger partial charge in [0, 0.05) is 18.2 Å². The summed E-state index contributed by atoms with van der Waals surface area (Å²) in [6.07, 6.45) is 3.34. The van der Waals surface area contributed by atoms with Crippen LogP contribution in [0.4, 0.5) is 5.69 Å². The third-order valence-electron chi connectivity index (χ3n) is 3.35. The number of ether oxygens (including phenoxy) is 1. The van der Waals surface area contributed by atoms with E-state index in [4.69, 9.17) is 15.7 Å². The Labute approximate surface area is 126 Å². The maximum atomic E-state index is 11.9. The number of nitriles is 1. The largest absolute Gasteiger partial charge is 0.479 e. The topological polar surface area (TPSA) is 88.1 Å². The Bertz CT molecular complexity index is 483. The van der Waals surface area contributed by atoms with Gasteiger partial charge in [0.15, 0.2) is 6.61 Å². The van der Waals surface area contributed by atoms with Gasteiger partial charge in [0.1, 0.15) is 11.8 Å². The molecule has 1 amide bonds. The lowest BCUT2D eigenvalue weighted by Crippen LogP contribution is -2.15. The van der Waals surface area contributed by atoms with E-state index in [0.717, 1.165) is 19.3 Å². The number of nitrogens with one attached hydrogen (secondary N) is 1. The van der Waals surface area contributed by atoms with Crippen LogP contribution in [0.15, 0.2) is 24.3 Å². The Morgan fingerprint density at radius 2 is 2.29 bits per heavy atom. The molecule has 0 saturated heterocycles. The molecule has 1 unspecified atom stereocenters. The molecule has 0 aliphatic heterocycles. The van der Waals surface area contributed by atoms with Crippen molar-refractivity contribution in [1.29, 1.82) is 5.26 Å². The zero-order chi connectivity index (χ0) is 15.5. The maximum Gasteiger partial charge on any atom is 0.224 e. The van der Waals surface area contributed by atoms with Crippen LogP contribution in [0.25, 0.3) is 0 Å². The molecule has 5 heteroatoms. The number of carbonyl (C=O) groups excluding carboxylic acids is 1. The van der Waals surface area contributed by atoms with Crippen LogP contribution in [-0.2, 0) is 4.79 Å². The molecule has 0 heterocycles. The number of hydrogen-bond acceptors (Lipinski definition) is 4. The summed E-state index contributed by atoms with van der Waals surface area (Å²) in [5, 5.41) is 11.3. The van der Waals surface area contributed by atoms with Crippen molar-refractivity contribution in [3.05, 3.63) is 24.3 Å². The number of hydrogen-bond donors (Lipinski definition) is 2. The first-order valence-corrected chi connectivity index (χ1v) is 7.29. The predicted molar refractivity (Wildman–Crippen MR) is 82.9 cm³/mol. The SMILES string of the molecule is CCC(CCN)CCC(=O)Nc1cccc(OCC#N)c1. The fraction of sp³-hybridized carbons (Fsp3) is 0.500. The summed E-state index contributed by atoms with van der Waals surface area (Å²) in [6, 6.07) is 8.96. The zero-order valence-electron chi connectivity index (χ0n) is 12.5. The Morgan fingerprint density at radius 3 is 2.95 bits per heavy atom. The minimum absolute atomic E-state index is 0.00529. The van der Waals surface area contributed by atoms with Gasteiger partial charge >= 0.3 is 0 Å². The molecular formula is C16H23N3O2. The summed E-state index contributed by atoms with van der Waals surface area (Å²) < 4.78 is 5.20. The van der Waals surface area contributed by atoms with E-state index in [1.54, 1.807) is 24.3 Å². The summed E-state index contributed by atoms with van der Waals surface area (Å²) in [7, 11) is 0. The van der Waals surface area contributed by atoms with Crippen molar-refractivity contribution in [2.75, 3.05) is 18.5 Å². The molecule has 0 saturated carbocycles. The minimum Gasteiger partial charge on any atom is -0.479 e. The van der Waals surface area contributed by atoms with E-state index in [1.165, 1.54) is 0 Å². The third kappa shape index (κ3) is 6.77. The van der Waals surface area contributed by atoms with Crippen molar-refractivity contribution >= 4 is 11.6 Å². The average Bonchev–Trinajstić information content (AvgIpc) is 2.49. The standard InChI is InChI=1S/C16H23N3O2/c1-2-13(8-9-17)6-7-16(20)19-14-4-3-5-15(12-14)21-11-10-18/h3-5,12-13H,2,6-9,11,17H2,1H3,(H,19,20). The summed E-state index contributed by atoms with van der Waals surface area (Å²) in [5.41, 5.74) is 6.24. The Morgan fingerprint density at radius 1 is 1.48 bits per heavy atom. The van der Waals surface area contributed by atoms with Gasteiger partial charge < -0.3 is 15.8 Å². The number of rotatable bonds is 9. The Hall–Kier alpha value is -2.06. The molecule has 1 rings (SSSR count). The van der Waals surface area contributed by atoms with E-state index in [2.05, 4.69) is 12.2 Å². The second-order valence-corrected chi connectivity index (χ2v) is 4.91. The van der Waals surface area contributed by atoms with E-state index in [-0.39, 0.29) is 12.5 Å². The van der Waals surface area contributed by atoms with E-state index >= 15 is 0 Å². The zero-order valence-corrected chi connectivity index (χ0v) is 12.5. The molecule has 21 heavy (non-hydrogen) atoms. The Balaban J connectivity index is 2.45. The molecule has 0 bridgehead atoms. The second-order valence-electron chi connectivity index (χ2n) is 4.91. The van der Waals surface area contributed by atoms with Crippen LogP contribution in [0.2, 0.25) is 0 Å². The third-order valence-corrected chi connectivity index (χ3v) is 3.35. The van der Waals surface area contributed by atoms with Gasteiger partial charge in [-0.05, 0) is 37.4 Å². The Kier molecular flexibility index (Phi) is 7.92. The van der Waals surface area contributed by atoms with Crippen LogP contribution >= 0.6 is 0 Å². The summed E-state index contributed by atoms with van der Waals surface area (Å²) in [5.74, 6) is 1.07. The summed E-state index contributed by atoms with van der Waals surface area (Å²) in [4.78, 5) is 11.9. The van der Waals surface area contributed by atoms with Gasteiger partial charge in [0.05, 0.1) is 0 Å². The smallest absolute Gasteiger partial charge is 0.224 e. The normalized spacial score (nSPS) is 11.5. The highest BCUT2D eigenvalue weighted by Crippen LogP contribution is 2.19. The van der Waals surface area contributed by atoms with Crippen molar-refractivity contribution in [2.45, 2.75) is 32.6 Å². The molecule has 1 aromatic rings. The molecule has 1 atom stereocenters. The molecule has 0 aliphatic carbocycles. The van der Waals surface area contributed by atoms with Gasteiger partial charge in [-0.25, -0.2) is 0 Å². The highest BCUT2D eigenvalue weighted by atomic mass is 16.5. The number of benzene rings is 1. The highest BCUT2D eigenvalue weighted by molar-refractivity contribution is 5.90. The lowest BCUT2D eigenvalue weighted by atomic mass is 9.96. The molecule has 0 aliphatic rings. The van der Waals surface area contributed by atoms with E-state index in [9.17, 15) is 4.79 Å². The molecule has 0 radical (unpaired) electrons. The van der Waals surface area contributed by atoms with E-state index in [0.29, 0.717) is 30.3 Å². The molecular weight excluding hydrogens is 266 g/mol. The number of carbonyl (C=O) groups is 1. The minimum atomic E-state index is -0.0112. The fourth-order valence-electron chi connectivity index (χ4n) is 2.13. The van der Waals surface area contributed by atoms with Crippen LogP contribution in [0.5, 0.6) is 5.75 Å². The number of nitrogens with two attached hydrogens (primary N) is 1. The number of amides is 1. The van der Waals surface area contributed by atoms with Crippen LogP contribution in [-0.4, -0.2) is 19.1 Å². The molecule has 0 fully saturated rings. The van der Waals surface area contributed by atoms with E-state index < -0.39 is 0 Å². The van der Waals surface area contributed by atoms with Crippen LogP contribution < -0.4 is 15.8 Å². The molecule has 3 N–H and O–H groups in total. The van der Waals surface area contributed by atoms with Crippen LogP contribution in [0.3, 0.4) is 0 Å². The maximum absolute atomic E-state index is 11.9. The van der Waals surface area contributed by atoms with Crippen LogP contribution in [0, 0.1) is 17.2 Å². The van der Waals surface area contributed by atoms with Crippen molar-refractivity contribution in [3.8, 4) is 11.8 Å². The van der Waals surface area contributed by atoms with Crippen molar-refractivity contribution in [3.63, 3.8) is 0 Å². The molecule has 1 aromatic carbocycles. The first-order valence-electron chi connectivity index (χ1n) is 7.29. The first-order chi connectivity index (χ1) is 10.2. The van der Waals surface area contributed by atoms with Gasteiger partial charge in [-0.1, -0.05) is 19.4 Å². The fourth-order valence-corrected chi connectivity index (χ4v) is 2.13. The molecule has 0 aromatic heterocycles. The lowest BCUT2D eigenvalue weighted by Gasteiger charge is -2.13. The van der Waals surface area contributed by atoms with Gasteiger partial charge in [-0.2, -0.15) is 5.26 Å². The summed E-state index contributed by atoms with van der Waals surface area (Å²) in [6.45, 7) is 2.78. The second kappa shape index (κ2) is 9.78. The quantitative estimate of drug-likeness (QED) is 0.731. The monoisotopic (exact) mass is 289 g/mol. The van der Waals surface area contributed by atoms with Gasteiger partial charge in [0.2, 0.25) is 5.91 Å². The van der Waals surface area contributed by atoms with Gasteiger partial charge in [-0.15, -0.1) is 0 Å². The molecule has 5 nitrogen and oxygen atoms in total. The van der Waals surface area contributed by atoms with Crippen molar-refractivity contribution < 1.29 is 9.53 Å². The van der Waals surface area contributed by atoms with Crippen molar-refractivity contribution in [1.82, 2.24) is 0 Å². The molecule has 0 spiro atoms. The van der Waals surface area contributed by atoms with E-state index in [1.807, 2.05) is 6.07 Å². The summed E-state index contributed by atoms with van der Waals surface area (Å²) >= 11 is 0. The average molecular weight is 289 g/mol. The first kappa shape index (κ1) is 17.0. The number of nitrogens with zero attached hydrogens (tertiary/aromatic N) is 1. The van der Waals surface area contributed by atoms with Gasteiger partial charge in [0.25, 0.3) is 0 Å². The highest BCUT2D eigenvalue weighted by Gasteiger charge is 2.09. The van der Waals surface area contributed by atoms with Gasteiger partial charge in [-0.3, -0.25) is 4.79 Å². The predicted octanol–water partition coefficient (Wildman–Crippen LogP) is 2.68.